The Labute approximate surface area is 222 Å². The Morgan fingerprint density at radius 2 is 2.03 bits per heavy atom. The number of fused-ring (bicyclic) bond motifs is 1. The summed E-state index contributed by atoms with van der Waals surface area (Å²) in [6, 6.07) is 12.3. The monoisotopic (exact) mass is 536 g/mol. The molecule has 3 aromatic heterocycles. The van der Waals surface area contributed by atoms with E-state index in [0.29, 0.717) is 40.4 Å². The molecule has 37 heavy (non-hydrogen) atoms. The van der Waals surface area contributed by atoms with Gasteiger partial charge in [-0.3, -0.25) is 4.79 Å². The fourth-order valence-corrected chi connectivity index (χ4v) is 4.89. The standard InChI is InChI=1S/C25H24Cl2N9O/c1-34(2)32-33-35(3)19-7-5-16(26)12-18(19)15-10-17-6-8-20(36(17)22(37)11-15)25-30-23(24(27)31-25)14-4-9-21(28)29-13-14/h4-5,7,9-13,20H,1,6,8H2,2-3H3,(H2,28,29)(H,30,31)/q+1. The highest BCUT2D eigenvalue weighted by Gasteiger charge is 2.29. The fraction of sp³-hybridized carbons (Fsp3) is 0.200. The van der Waals surface area contributed by atoms with Crippen molar-refractivity contribution in [2.75, 3.05) is 24.8 Å². The number of nitrogens with two attached hydrogens (primary N) is 1. The number of aromatic nitrogens is 4. The van der Waals surface area contributed by atoms with Gasteiger partial charge >= 0.3 is 0 Å². The summed E-state index contributed by atoms with van der Waals surface area (Å²) in [5.74, 6) is 1.03. The first-order valence-corrected chi connectivity index (χ1v) is 12.2. The molecule has 12 heteroatoms. The minimum absolute atomic E-state index is 0.147. The van der Waals surface area contributed by atoms with Crippen LogP contribution in [0, 0.1) is 0 Å². The highest BCUT2D eigenvalue weighted by molar-refractivity contribution is 6.32. The lowest BCUT2D eigenvalue weighted by Gasteiger charge is -2.16. The van der Waals surface area contributed by atoms with Gasteiger partial charge in [0.25, 0.3) is 5.56 Å². The number of benzene rings is 1. The number of pyridine rings is 2. The van der Waals surface area contributed by atoms with Crippen LogP contribution in [0.25, 0.3) is 22.4 Å². The van der Waals surface area contributed by atoms with E-state index in [1.807, 2.05) is 24.3 Å². The molecule has 188 valence electrons. The third-order valence-electron chi connectivity index (χ3n) is 6.13. The number of nitrogens with one attached hydrogen (secondary N) is 1. The summed E-state index contributed by atoms with van der Waals surface area (Å²) in [7, 11) is 3.45. The van der Waals surface area contributed by atoms with Gasteiger partial charge in [-0.05, 0) is 54.8 Å². The van der Waals surface area contributed by atoms with E-state index in [1.54, 1.807) is 48.1 Å². The predicted molar refractivity (Wildman–Crippen MR) is 145 cm³/mol. The molecule has 0 saturated heterocycles. The van der Waals surface area contributed by atoms with Gasteiger partial charge in [-0.1, -0.05) is 23.2 Å². The molecule has 0 spiro atoms. The molecule has 1 unspecified atom stereocenters. The fourth-order valence-electron chi connectivity index (χ4n) is 4.47. The number of aryl methyl sites for hydroxylation is 1. The number of halogens is 2. The Balaban J connectivity index is 1.53. The zero-order chi connectivity index (χ0) is 26.3. The first-order chi connectivity index (χ1) is 17.7. The first-order valence-electron chi connectivity index (χ1n) is 11.4. The van der Waals surface area contributed by atoms with Gasteiger partial charge in [0.15, 0.2) is 10.4 Å². The molecular formula is C25H24Cl2N9O+. The summed E-state index contributed by atoms with van der Waals surface area (Å²) >= 11 is 12.8. The highest BCUT2D eigenvalue weighted by Crippen LogP contribution is 2.37. The Bertz CT molecular complexity index is 1590. The van der Waals surface area contributed by atoms with Gasteiger partial charge in [0.05, 0.1) is 25.5 Å². The Morgan fingerprint density at radius 3 is 2.76 bits per heavy atom. The largest absolute Gasteiger partial charge is 0.384 e. The van der Waals surface area contributed by atoms with Crippen molar-refractivity contribution in [1.82, 2.24) is 19.5 Å². The molecule has 4 aromatic rings. The van der Waals surface area contributed by atoms with Gasteiger partial charge in [-0.25, -0.2) is 9.97 Å². The van der Waals surface area contributed by atoms with Gasteiger partial charge in [-0.2, -0.15) is 5.01 Å². The van der Waals surface area contributed by atoms with Gasteiger partial charge in [0.1, 0.15) is 29.5 Å². The minimum atomic E-state index is -0.271. The lowest BCUT2D eigenvalue weighted by molar-refractivity contribution is -0.503. The molecule has 0 bridgehead atoms. The van der Waals surface area contributed by atoms with Crippen LogP contribution in [0.5, 0.6) is 0 Å². The summed E-state index contributed by atoms with van der Waals surface area (Å²) in [5, 5.41) is 10.7. The van der Waals surface area contributed by atoms with Gasteiger partial charge in [-0.15, -0.1) is 4.68 Å². The number of hydrogen-bond donors (Lipinski definition) is 2. The van der Waals surface area contributed by atoms with Crippen molar-refractivity contribution in [1.29, 1.82) is 0 Å². The zero-order valence-electron chi connectivity index (χ0n) is 20.2. The maximum atomic E-state index is 13.4. The topological polar surface area (TPSA) is 121 Å². The predicted octanol–water partition coefficient (Wildman–Crippen LogP) is 4.79. The first kappa shape index (κ1) is 24.7. The quantitative estimate of drug-likeness (QED) is 0.159. The number of nitrogen functional groups attached to an aromatic ring is 1. The van der Waals surface area contributed by atoms with E-state index in [-0.39, 0.29) is 11.6 Å². The molecule has 0 radical (unpaired) electrons. The lowest BCUT2D eigenvalue weighted by atomic mass is 10.0. The second-order valence-corrected chi connectivity index (χ2v) is 9.59. The van der Waals surface area contributed by atoms with Crippen LogP contribution in [0.2, 0.25) is 10.2 Å². The van der Waals surface area contributed by atoms with Crippen LogP contribution in [0.15, 0.2) is 63.9 Å². The van der Waals surface area contributed by atoms with Crippen molar-refractivity contribution in [3.05, 3.63) is 80.7 Å². The van der Waals surface area contributed by atoms with Crippen molar-refractivity contribution in [3.63, 3.8) is 0 Å². The van der Waals surface area contributed by atoms with Crippen LogP contribution in [-0.2, 0) is 6.42 Å². The van der Waals surface area contributed by atoms with Gasteiger partial charge in [0, 0.05) is 34.1 Å². The molecule has 1 aliphatic heterocycles. The Kier molecular flexibility index (Phi) is 6.53. The van der Waals surface area contributed by atoms with Gasteiger partial charge < -0.3 is 15.3 Å². The maximum Gasteiger partial charge on any atom is 0.252 e. The van der Waals surface area contributed by atoms with E-state index in [4.69, 9.17) is 33.9 Å². The molecule has 0 saturated carbocycles. The van der Waals surface area contributed by atoms with Crippen molar-refractivity contribution in [3.8, 4) is 22.4 Å². The van der Waals surface area contributed by atoms with E-state index in [9.17, 15) is 4.79 Å². The van der Waals surface area contributed by atoms with E-state index in [1.165, 1.54) is 4.68 Å². The molecule has 0 aliphatic carbocycles. The third kappa shape index (κ3) is 4.85. The molecular weight excluding hydrogens is 513 g/mol. The van der Waals surface area contributed by atoms with Crippen LogP contribution in [0.1, 0.15) is 24.0 Å². The molecule has 1 atom stereocenters. The van der Waals surface area contributed by atoms with Crippen LogP contribution in [0.4, 0.5) is 11.5 Å². The normalized spacial score (nSPS) is 14.8. The highest BCUT2D eigenvalue weighted by atomic mass is 35.5. The Hall–Kier alpha value is -4.02. The van der Waals surface area contributed by atoms with Crippen LogP contribution in [-0.4, -0.2) is 45.0 Å². The minimum Gasteiger partial charge on any atom is -0.384 e. The number of hydrogen-bond acceptors (Lipinski definition) is 6. The van der Waals surface area contributed by atoms with Gasteiger partial charge in [0.2, 0.25) is 0 Å². The maximum absolute atomic E-state index is 13.4. The molecule has 0 amide bonds. The number of H-pyrrole nitrogens is 1. The second kappa shape index (κ2) is 9.79. The molecule has 0 fully saturated rings. The van der Waals surface area contributed by atoms with E-state index >= 15 is 0 Å². The molecule has 10 nitrogen and oxygen atoms in total. The summed E-state index contributed by atoms with van der Waals surface area (Å²) in [6.07, 6.45) is 3.02. The number of anilines is 2. The van der Waals surface area contributed by atoms with E-state index < -0.39 is 0 Å². The van der Waals surface area contributed by atoms with E-state index in [0.717, 1.165) is 28.1 Å². The molecule has 4 heterocycles. The smallest absolute Gasteiger partial charge is 0.252 e. The second-order valence-electron chi connectivity index (χ2n) is 8.78. The molecule has 1 aromatic carbocycles. The van der Waals surface area contributed by atoms with Crippen molar-refractivity contribution in [2.45, 2.75) is 18.9 Å². The van der Waals surface area contributed by atoms with Crippen LogP contribution < -0.4 is 16.3 Å². The number of nitrogens with zero attached hydrogens (tertiary/aromatic N) is 7. The zero-order valence-corrected chi connectivity index (χ0v) is 21.7. The summed E-state index contributed by atoms with van der Waals surface area (Å²) < 4.78 is 3.11. The summed E-state index contributed by atoms with van der Waals surface area (Å²) in [5.41, 5.74) is 10.00. The number of aromatic amines is 1. The lowest BCUT2D eigenvalue weighted by Crippen LogP contribution is -2.24. The SMILES string of the molecule is C=[N+](C)N=NN(C)c1ccc(Cl)cc1-c1cc2n(c(=O)c1)C(c1nc(-c3ccc(N)nc3)c(Cl)[nH]1)CC2. The molecule has 5 rings (SSSR count). The van der Waals surface area contributed by atoms with E-state index in [2.05, 4.69) is 27.1 Å². The molecule has 3 N–H and O–H groups in total. The van der Waals surface area contributed by atoms with Crippen LogP contribution in [0.3, 0.4) is 0 Å². The number of imidazole rings is 1. The summed E-state index contributed by atoms with van der Waals surface area (Å²) in [6.45, 7) is 3.67. The Morgan fingerprint density at radius 1 is 1.22 bits per heavy atom. The average Bonchev–Trinajstić information content (AvgIpc) is 3.46. The van der Waals surface area contributed by atoms with Crippen molar-refractivity contribution >= 4 is 41.4 Å². The summed E-state index contributed by atoms with van der Waals surface area (Å²) in [4.78, 5) is 25.4. The van der Waals surface area contributed by atoms with Crippen molar-refractivity contribution in [2.24, 2.45) is 10.4 Å². The van der Waals surface area contributed by atoms with Crippen LogP contribution >= 0.6 is 23.2 Å². The number of rotatable bonds is 6. The van der Waals surface area contributed by atoms with Crippen molar-refractivity contribution < 1.29 is 4.68 Å². The molecule has 1 aliphatic rings. The third-order valence-corrected chi connectivity index (χ3v) is 6.64. The average molecular weight is 537 g/mol.